The first-order chi connectivity index (χ1) is 19.5. The first-order valence-corrected chi connectivity index (χ1v) is 14.7. The number of halogens is 1. The van der Waals surface area contributed by atoms with E-state index < -0.39 is 5.76 Å². The third-order valence-corrected chi connectivity index (χ3v) is 8.99. The van der Waals surface area contributed by atoms with Crippen LogP contribution >= 0.6 is 11.6 Å². The Bertz CT molecular complexity index is 1570. The van der Waals surface area contributed by atoms with Crippen LogP contribution in [0.4, 0.5) is 5.95 Å². The molecule has 1 saturated heterocycles. The summed E-state index contributed by atoms with van der Waals surface area (Å²) in [7, 11) is 0. The Labute approximate surface area is 236 Å². The minimum atomic E-state index is -0.668. The van der Waals surface area contributed by atoms with Gasteiger partial charge in [-0.1, -0.05) is 49.4 Å². The predicted octanol–water partition coefficient (Wildman–Crippen LogP) is 4.86. The highest BCUT2D eigenvalue weighted by molar-refractivity contribution is 6.30. The van der Waals surface area contributed by atoms with Gasteiger partial charge in [-0.2, -0.15) is 4.98 Å². The van der Waals surface area contributed by atoms with Gasteiger partial charge in [0.15, 0.2) is 5.65 Å². The number of pyridine rings is 1. The monoisotopic (exact) mass is 564 g/mol. The van der Waals surface area contributed by atoms with E-state index in [0.29, 0.717) is 28.9 Å². The second-order valence-electron chi connectivity index (χ2n) is 11.5. The van der Waals surface area contributed by atoms with Crippen LogP contribution in [0.1, 0.15) is 58.3 Å². The molecule has 40 heavy (non-hydrogen) atoms. The molecule has 1 aliphatic heterocycles. The van der Waals surface area contributed by atoms with Crippen molar-refractivity contribution in [1.29, 1.82) is 0 Å². The van der Waals surface area contributed by atoms with Gasteiger partial charge in [0.1, 0.15) is 11.2 Å². The van der Waals surface area contributed by atoms with E-state index in [9.17, 15) is 4.79 Å². The fourth-order valence-electron chi connectivity index (χ4n) is 6.71. The molecule has 0 amide bonds. The van der Waals surface area contributed by atoms with E-state index >= 15 is 0 Å². The number of hydrogen-bond acceptors (Lipinski definition) is 9. The average Bonchev–Trinajstić information content (AvgIpc) is 3.57. The number of aromatic nitrogens is 7. The van der Waals surface area contributed by atoms with Crippen molar-refractivity contribution in [2.24, 2.45) is 11.8 Å². The largest absolute Gasteiger partial charge is 0.439 e. The number of rotatable bonds is 5. The summed E-state index contributed by atoms with van der Waals surface area (Å²) >= 11 is 6.39. The summed E-state index contributed by atoms with van der Waals surface area (Å²) in [4.78, 5) is 36.0. The SMILES string of the molecule is CC1CCC(Cn2c(N3CCO[C@H]4CCCC[C@H]43)nc3nc(-c4noc(=O)[nH]4)nc(-c4cncc(Cl)c4)c32)CC1. The van der Waals surface area contributed by atoms with Crippen molar-refractivity contribution in [3.63, 3.8) is 0 Å². The first kappa shape index (κ1) is 25.6. The van der Waals surface area contributed by atoms with E-state index in [4.69, 9.17) is 35.8 Å². The molecule has 4 aromatic rings. The smallest absolute Gasteiger partial charge is 0.374 e. The molecule has 0 aromatic carbocycles. The van der Waals surface area contributed by atoms with E-state index in [1.807, 2.05) is 6.07 Å². The topological polar surface area (TPSA) is 128 Å². The summed E-state index contributed by atoms with van der Waals surface area (Å²) in [5.74, 6) is 1.92. The molecule has 2 aliphatic carbocycles. The summed E-state index contributed by atoms with van der Waals surface area (Å²) in [6, 6.07) is 2.12. The molecule has 0 unspecified atom stereocenters. The third kappa shape index (κ3) is 4.79. The minimum Gasteiger partial charge on any atom is -0.374 e. The number of fused-ring (bicyclic) bond motifs is 2. The van der Waals surface area contributed by atoms with Crippen LogP contribution in [0.25, 0.3) is 34.1 Å². The lowest BCUT2D eigenvalue weighted by Gasteiger charge is -2.44. The van der Waals surface area contributed by atoms with Gasteiger partial charge < -0.3 is 14.2 Å². The predicted molar refractivity (Wildman–Crippen MR) is 150 cm³/mol. The molecule has 2 atom stereocenters. The summed E-state index contributed by atoms with van der Waals surface area (Å²) < 4.78 is 13.3. The number of anilines is 1. The van der Waals surface area contributed by atoms with Gasteiger partial charge in [0, 0.05) is 31.0 Å². The van der Waals surface area contributed by atoms with Crippen molar-refractivity contribution in [3.8, 4) is 22.9 Å². The van der Waals surface area contributed by atoms with Crippen LogP contribution in [0, 0.1) is 11.8 Å². The van der Waals surface area contributed by atoms with Crippen molar-refractivity contribution >= 4 is 28.7 Å². The molecule has 210 valence electrons. The molecule has 0 spiro atoms. The molecule has 7 rings (SSSR count). The number of nitrogens with zero attached hydrogens (tertiary/aromatic N) is 7. The third-order valence-electron chi connectivity index (χ3n) is 8.78. The van der Waals surface area contributed by atoms with Gasteiger partial charge in [0.25, 0.3) is 0 Å². The summed E-state index contributed by atoms with van der Waals surface area (Å²) in [6.45, 7) is 4.63. The number of nitrogens with one attached hydrogen (secondary N) is 1. The zero-order valence-corrected chi connectivity index (χ0v) is 23.3. The molecule has 0 radical (unpaired) electrons. The Morgan fingerprint density at radius 1 is 1.07 bits per heavy atom. The van der Waals surface area contributed by atoms with Crippen LogP contribution < -0.4 is 10.7 Å². The van der Waals surface area contributed by atoms with Gasteiger partial charge in [0.05, 0.1) is 23.8 Å². The standard InChI is InChI=1S/C28H33ClN8O3/c1-16-6-8-17(9-7-16)15-37-23-22(18-12-19(29)14-30-13-18)31-25(26-34-28(38)40-35-26)32-24(23)33-27(37)36-10-11-39-21-5-3-2-4-20(21)36/h12-14,16-17,20-21H,2-11,15H2,1H3,(H,34,35,38)/t16?,17?,20-,21+/m1/s1. The Balaban J connectivity index is 1.44. The molecule has 1 N–H and O–H groups in total. The fraction of sp³-hybridized carbons (Fsp3) is 0.571. The van der Waals surface area contributed by atoms with Crippen LogP contribution in [0.5, 0.6) is 0 Å². The zero-order chi connectivity index (χ0) is 27.2. The Morgan fingerprint density at radius 3 is 2.73 bits per heavy atom. The van der Waals surface area contributed by atoms with Crippen molar-refractivity contribution in [2.75, 3.05) is 18.1 Å². The molecule has 12 heteroatoms. The molecule has 4 aromatic heterocycles. The quantitative estimate of drug-likeness (QED) is 0.361. The van der Waals surface area contributed by atoms with Crippen LogP contribution in [-0.2, 0) is 11.3 Å². The van der Waals surface area contributed by atoms with Gasteiger partial charge in [-0.15, -0.1) is 0 Å². The van der Waals surface area contributed by atoms with Gasteiger partial charge in [-0.05, 0) is 43.6 Å². The molecule has 2 saturated carbocycles. The lowest BCUT2D eigenvalue weighted by Crippen LogP contribution is -2.53. The van der Waals surface area contributed by atoms with Crippen molar-refractivity contribution in [3.05, 3.63) is 34.0 Å². The summed E-state index contributed by atoms with van der Waals surface area (Å²) in [6.07, 6.45) is 12.9. The van der Waals surface area contributed by atoms with Crippen molar-refractivity contribution in [1.82, 2.24) is 34.6 Å². The summed E-state index contributed by atoms with van der Waals surface area (Å²) in [5.41, 5.74) is 2.78. The van der Waals surface area contributed by atoms with E-state index in [2.05, 4.69) is 31.5 Å². The molecule has 3 fully saturated rings. The average molecular weight is 565 g/mol. The Hall–Kier alpha value is -3.31. The molecule has 0 bridgehead atoms. The van der Waals surface area contributed by atoms with Crippen molar-refractivity contribution < 1.29 is 9.26 Å². The van der Waals surface area contributed by atoms with E-state index in [-0.39, 0.29) is 23.8 Å². The maximum absolute atomic E-state index is 11.8. The van der Waals surface area contributed by atoms with Crippen molar-refractivity contribution in [2.45, 2.75) is 77.0 Å². The number of morpholine rings is 1. The lowest BCUT2D eigenvalue weighted by atomic mass is 9.83. The van der Waals surface area contributed by atoms with E-state index in [0.717, 1.165) is 48.9 Å². The fourth-order valence-corrected chi connectivity index (χ4v) is 6.88. The Morgan fingerprint density at radius 2 is 1.93 bits per heavy atom. The number of hydrogen-bond donors (Lipinski definition) is 1. The molecular formula is C28H33ClN8O3. The van der Waals surface area contributed by atoms with Gasteiger partial charge in [-0.3, -0.25) is 14.5 Å². The van der Waals surface area contributed by atoms with Gasteiger partial charge >= 0.3 is 5.76 Å². The second kappa shape index (κ2) is 10.6. The number of H-pyrrole nitrogens is 1. The normalized spacial score (nSPS) is 25.3. The minimum absolute atomic E-state index is 0.152. The highest BCUT2D eigenvalue weighted by Gasteiger charge is 2.37. The van der Waals surface area contributed by atoms with Gasteiger partial charge in [0.2, 0.25) is 17.6 Å². The van der Waals surface area contributed by atoms with E-state index in [1.54, 1.807) is 12.4 Å². The maximum atomic E-state index is 11.8. The first-order valence-electron chi connectivity index (χ1n) is 14.4. The van der Waals surface area contributed by atoms with Gasteiger partial charge in [-0.25, -0.2) is 14.8 Å². The van der Waals surface area contributed by atoms with Crippen LogP contribution in [0.15, 0.2) is 27.8 Å². The maximum Gasteiger partial charge on any atom is 0.439 e. The Kier molecular flexibility index (Phi) is 6.79. The second-order valence-corrected chi connectivity index (χ2v) is 11.9. The molecule has 3 aliphatic rings. The number of ether oxygens (including phenoxy) is 1. The molecular weight excluding hydrogens is 532 g/mol. The van der Waals surface area contributed by atoms with Crippen LogP contribution in [0.3, 0.4) is 0 Å². The highest BCUT2D eigenvalue weighted by atomic mass is 35.5. The number of imidazole rings is 1. The molecule has 11 nitrogen and oxygen atoms in total. The zero-order valence-electron chi connectivity index (χ0n) is 22.6. The van der Waals surface area contributed by atoms with E-state index in [1.165, 1.54) is 38.5 Å². The number of aromatic amines is 1. The highest BCUT2D eigenvalue weighted by Crippen LogP contribution is 2.38. The lowest BCUT2D eigenvalue weighted by molar-refractivity contribution is -0.00958. The van der Waals surface area contributed by atoms with Crippen LogP contribution in [0.2, 0.25) is 5.02 Å². The molecule has 5 heterocycles. The summed E-state index contributed by atoms with van der Waals surface area (Å²) in [5, 5.41) is 4.35. The van der Waals surface area contributed by atoms with Crippen LogP contribution in [-0.4, -0.2) is 59.9 Å².